The quantitative estimate of drug-likeness (QED) is 0.464. The molecule has 66 valence electrons. The monoisotopic (exact) mass is 171 g/mol. The lowest BCUT2D eigenvalue weighted by Crippen LogP contribution is -2.49. The van der Waals surface area contributed by atoms with Gasteiger partial charge in [-0.05, 0) is 6.42 Å². The van der Waals surface area contributed by atoms with Gasteiger partial charge in [0.1, 0.15) is 0 Å². The number of hydrogen-bond acceptors (Lipinski definition) is 4. The fraction of sp³-hybridized carbons (Fsp3) is 0.500. The number of amides is 3. The summed E-state index contributed by atoms with van der Waals surface area (Å²) < 4.78 is 0. The van der Waals surface area contributed by atoms with E-state index >= 15 is 0 Å². The van der Waals surface area contributed by atoms with Crippen LogP contribution in [0.25, 0.3) is 0 Å². The van der Waals surface area contributed by atoms with Gasteiger partial charge < -0.3 is 15.2 Å². The van der Waals surface area contributed by atoms with Crippen molar-refractivity contribution in [1.82, 2.24) is 10.6 Å². The first-order valence-corrected chi connectivity index (χ1v) is 3.41. The standard InChI is InChI=1S/C6H8N2O4/c9-4-2-1-3(5(10)11)7-6(12)8-4/h3H,1-2H2,(H,10,11)(H2,7,8,9,12)/p-1/t3-/m1/s1. The Kier molecular flexibility index (Phi) is 2.27. The van der Waals surface area contributed by atoms with Crippen LogP contribution in [-0.2, 0) is 9.59 Å². The average molecular weight is 171 g/mol. The first-order chi connectivity index (χ1) is 5.59. The van der Waals surface area contributed by atoms with Gasteiger partial charge in [0, 0.05) is 6.42 Å². The Hall–Kier alpha value is -1.59. The van der Waals surface area contributed by atoms with Gasteiger partial charge in [0.25, 0.3) is 0 Å². The third kappa shape index (κ3) is 1.94. The zero-order chi connectivity index (χ0) is 9.14. The molecule has 1 heterocycles. The van der Waals surface area contributed by atoms with Gasteiger partial charge >= 0.3 is 6.03 Å². The molecule has 0 aromatic heterocycles. The third-order valence-corrected chi connectivity index (χ3v) is 1.50. The molecule has 1 saturated heterocycles. The van der Waals surface area contributed by atoms with Gasteiger partial charge in [-0.2, -0.15) is 0 Å². The summed E-state index contributed by atoms with van der Waals surface area (Å²) in [5.74, 6) is -1.85. The van der Waals surface area contributed by atoms with E-state index < -0.39 is 23.9 Å². The number of aliphatic carboxylic acids is 1. The van der Waals surface area contributed by atoms with Crippen LogP contribution in [0.3, 0.4) is 0 Å². The van der Waals surface area contributed by atoms with E-state index in [0.717, 1.165) is 0 Å². The molecule has 0 unspecified atom stereocenters. The summed E-state index contributed by atoms with van der Waals surface area (Å²) in [5, 5.41) is 14.3. The Bertz CT molecular complexity index is 238. The summed E-state index contributed by atoms with van der Waals surface area (Å²) >= 11 is 0. The predicted octanol–water partition coefficient (Wildman–Crippen LogP) is -2.28. The van der Waals surface area contributed by atoms with Crippen molar-refractivity contribution >= 4 is 17.9 Å². The highest BCUT2D eigenvalue weighted by Crippen LogP contribution is 1.99. The number of imide groups is 1. The summed E-state index contributed by atoms with van der Waals surface area (Å²) in [6.07, 6.45) is 0.0806. The summed E-state index contributed by atoms with van der Waals surface area (Å²) in [4.78, 5) is 31.6. The topological polar surface area (TPSA) is 98.3 Å². The second kappa shape index (κ2) is 3.21. The van der Waals surface area contributed by atoms with Crippen LogP contribution in [0.15, 0.2) is 0 Å². The van der Waals surface area contributed by atoms with Gasteiger partial charge in [0.15, 0.2) is 0 Å². The van der Waals surface area contributed by atoms with Crippen LogP contribution >= 0.6 is 0 Å². The maximum Gasteiger partial charge on any atom is 0.321 e. The molecular weight excluding hydrogens is 164 g/mol. The summed E-state index contributed by atoms with van der Waals surface area (Å²) in [6.45, 7) is 0. The van der Waals surface area contributed by atoms with Crippen molar-refractivity contribution in [2.45, 2.75) is 18.9 Å². The van der Waals surface area contributed by atoms with Gasteiger partial charge in [-0.3, -0.25) is 10.1 Å². The molecule has 0 aromatic carbocycles. The fourth-order valence-corrected chi connectivity index (χ4v) is 0.908. The second-order valence-corrected chi connectivity index (χ2v) is 2.43. The van der Waals surface area contributed by atoms with E-state index in [9.17, 15) is 19.5 Å². The average Bonchev–Trinajstić information content (AvgIpc) is 2.11. The summed E-state index contributed by atoms with van der Waals surface area (Å²) in [6, 6.07) is -1.86. The maximum atomic E-state index is 10.7. The van der Waals surface area contributed by atoms with Crippen LogP contribution in [0, 0.1) is 0 Å². The Labute approximate surface area is 67.9 Å². The highest BCUT2D eigenvalue weighted by atomic mass is 16.4. The van der Waals surface area contributed by atoms with Crippen LogP contribution in [0.5, 0.6) is 0 Å². The molecule has 0 saturated carbocycles. The molecule has 1 aliphatic heterocycles. The zero-order valence-electron chi connectivity index (χ0n) is 6.12. The molecule has 1 aliphatic rings. The van der Waals surface area contributed by atoms with Crippen LogP contribution in [-0.4, -0.2) is 23.9 Å². The number of hydrogen-bond donors (Lipinski definition) is 2. The van der Waals surface area contributed by atoms with E-state index in [1.54, 1.807) is 0 Å². The first kappa shape index (κ1) is 8.51. The fourth-order valence-electron chi connectivity index (χ4n) is 0.908. The number of carboxylic acids is 1. The van der Waals surface area contributed by atoms with E-state index in [-0.39, 0.29) is 12.8 Å². The normalized spacial score (nSPS) is 23.8. The molecule has 6 nitrogen and oxygen atoms in total. The van der Waals surface area contributed by atoms with Gasteiger partial charge in [-0.15, -0.1) is 0 Å². The highest BCUT2D eigenvalue weighted by Gasteiger charge is 2.20. The minimum Gasteiger partial charge on any atom is -0.548 e. The summed E-state index contributed by atoms with van der Waals surface area (Å²) in [5.41, 5.74) is 0. The minimum atomic E-state index is -1.38. The molecule has 0 radical (unpaired) electrons. The Balaban J connectivity index is 2.64. The van der Waals surface area contributed by atoms with E-state index in [2.05, 4.69) is 5.32 Å². The smallest absolute Gasteiger partial charge is 0.321 e. The lowest BCUT2D eigenvalue weighted by molar-refractivity contribution is -0.308. The predicted molar refractivity (Wildman–Crippen MR) is 34.7 cm³/mol. The van der Waals surface area contributed by atoms with Crippen molar-refractivity contribution in [3.8, 4) is 0 Å². The molecule has 6 heteroatoms. The van der Waals surface area contributed by atoms with Crippen LogP contribution in [0.1, 0.15) is 12.8 Å². The zero-order valence-corrected chi connectivity index (χ0v) is 6.12. The maximum absolute atomic E-state index is 10.7. The SMILES string of the molecule is O=C1CC[C@H](C(=O)[O-])NC(=O)N1. The molecule has 0 aliphatic carbocycles. The van der Waals surface area contributed by atoms with Crippen molar-refractivity contribution in [3.05, 3.63) is 0 Å². The molecule has 3 amide bonds. The van der Waals surface area contributed by atoms with Crippen molar-refractivity contribution in [1.29, 1.82) is 0 Å². The third-order valence-electron chi connectivity index (χ3n) is 1.50. The Morgan fingerprint density at radius 1 is 1.50 bits per heavy atom. The second-order valence-electron chi connectivity index (χ2n) is 2.43. The molecule has 0 bridgehead atoms. The molecule has 12 heavy (non-hydrogen) atoms. The van der Waals surface area contributed by atoms with Crippen LogP contribution in [0.2, 0.25) is 0 Å². The van der Waals surface area contributed by atoms with Gasteiger partial charge in [0.2, 0.25) is 5.91 Å². The number of carboxylic acid groups (broad SMARTS) is 1. The molecule has 1 atom stereocenters. The van der Waals surface area contributed by atoms with Crippen molar-refractivity contribution in [2.75, 3.05) is 0 Å². The van der Waals surface area contributed by atoms with Crippen molar-refractivity contribution in [3.63, 3.8) is 0 Å². The molecule has 2 N–H and O–H groups in total. The summed E-state index contributed by atoms with van der Waals surface area (Å²) in [7, 11) is 0. The lowest BCUT2D eigenvalue weighted by Gasteiger charge is -2.14. The highest BCUT2D eigenvalue weighted by molar-refractivity contribution is 5.97. The van der Waals surface area contributed by atoms with E-state index in [1.807, 2.05) is 5.32 Å². The minimum absolute atomic E-state index is 0.0113. The molecule has 1 fully saturated rings. The first-order valence-electron chi connectivity index (χ1n) is 3.41. The Morgan fingerprint density at radius 2 is 2.17 bits per heavy atom. The lowest BCUT2D eigenvalue weighted by atomic mass is 10.1. The molecular formula is C6H7N2O4-. The van der Waals surface area contributed by atoms with E-state index in [0.29, 0.717) is 0 Å². The number of carbonyl (C=O) groups is 3. The van der Waals surface area contributed by atoms with Crippen LogP contribution < -0.4 is 15.7 Å². The van der Waals surface area contributed by atoms with E-state index in [1.165, 1.54) is 0 Å². The van der Waals surface area contributed by atoms with Crippen molar-refractivity contribution < 1.29 is 19.5 Å². The Morgan fingerprint density at radius 3 is 2.75 bits per heavy atom. The van der Waals surface area contributed by atoms with Gasteiger partial charge in [-0.1, -0.05) is 0 Å². The van der Waals surface area contributed by atoms with Crippen LogP contribution in [0.4, 0.5) is 4.79 Å². The molecule has 0 aromatic rings. The number of rotatable bonds is 1. The van der Waals surface area contributed by atoms with Gasteiger partial charge in [-0.25, -0.2) is 4.79 Å². The van der Waals surface area contributed by atoms with Gasteiger partial charge in [0.05, 0.1) is 12.0 Å². The van der Waals surface area contributed by atoms with Crippen molar-refractivity contribution in [2.24, 2.45) is 0 Å². The largest absolute Gasteiger partial charge is 0.548 e. The molecule has 1 rings (SSSR count). The number of carbonyl (C=O) groups excluding carboxylic acids is 3. The number of urea groups is 1. The number of nitrogens with one attached hydrogen (secondary N) is 2. The van der Waals surface area contributed by atoms with E-state index in [4.69, 9.17) is 0 Å². The molecule has 0 spiro atoms.